The van der Waals surface area contributed by atoms with Gasteiger partial charge in [-0.25, -0.2) is 0 Å². The van der Waals surface area contributed by atoms with E-state index in [-0.39, 0.29) is 25.8 Å². The SMILES string of the molecule is Cn1cc(CC(=O)N2C[C@@H](N)CC[C@@H]2C(F)(F)F)cn1. The van der Waals surface area contributed by atoms with Gasteiger partial charge in [0.05, 0.1) is 12.6 Å². The third-order valence-corrected chi connectivity index (χ3v) is 3.43. The largest absolute Gasteiger partial charge is 0.408 e. The minimum atomic E-state index is -4.41. The molecule has 2 atom stereocenters. The number of hydrogen-bond donors (Lipinski definition) is 1. The second-order valence-electron chi connectivity index (χ2n) is 5.14. The highest BCUT2D eigenvalue weighted by molar-refractivity contribution is 5.79. The highest BCUT2D eigenvalue weighted by Crippen LogP contribution is 2.31. The molecule has 0 spiro atoms. The molecule has 2 heterocycles. The molecule has 0 radical (unpaired) electrons. The van der Waals surface area contributed by atoms with Crippen LogP contribution in [0.25, 0.3) is 0 Å². The zero-order valence-electron chi connectivity index (χ0n) is 11.1. The van der Waals surface area contributed by atoms with E-state index in [2.05, 4.69) is 5.10 Å². The smallest absolute Gasteiger partial charge is 0.329 e. The van der Waals surface area contributed by atoms with Crippen LogP contribution in [-0.2, 0) is 18.3 Å². The molecular weight excluding hydrogens is 273 g/mol. The summed E-state index contributed by atoms with van der Waals surface area (Å²) in [5.74, 6) is -0.560. The van der Waals surface area contributed by atoms with E-state index in [1.165, 1.54) is 10.9 Å². The van der Waals surface area contributed by atoms with Crippen LogP contribution in [0.5, 0.6) is 0 Å². The lowest BCUT2D eigenvalue weighted by atomic mass is 9.97. The summed E-state index contributed by atoms with van der Waals surface area (Å²) >= 11 is 0. The molecule has 8 heteroatoms. The molecule has 20 heavy (non-hydrogen) atoms. The number of carbonyl (C=O) groups is 1. The molecule has 5 nitrogen and oxygen atoms in total. The van der Waals surface area contributed by atoms with Crippen molar-refractivity contribution in [2.75, 3.05) is 6.54 Å². The van der Waals surface area contributed by atoms with E-state index in [1.807, 2.05) is 0 Å². The van der Waals surface area contributed by atoms with Gasteiger partial charge in [0.25, 0.3) is 0 Å². The lowest BCUT2D eigenvalue weighted by molar-refractivity contribution is -0.196. The number of nitrogens with zero attached hydrogens (tertiary/aromatic N) is 3. The average molecular weight is 290 g/mol. The standard InChI is InChI=1S/C12H17F3N4O/c1-18-6-8(5-17-18)4-11(20)19-7-9(16)2-3-10(19)12(13,14)15/h5-6,9-10H,2-4,7,16H2,1H3/t9-,10+/m0/s1. The minimum absolute atomic E-state index is 0.0523. The summed E-state index contributed by atoms with van der Waals surface area (Å²) in [4.78, 5) is 13.0. The number of halogens is 3. The highest BCUT2D eigenvalue weighted by atomic mass is 19.4. The summed E-state index contributed by atoms with van der Waals surface area (Å²) in [6, 6.07) is -2.13. The Kier molecular flexibility index (Phi) is 4.03. The molecule has 0 saturated carbocycles. The van der Waals surface area contributed by atoms with Gasteiger partial charge >= 0.3 is 6.18 Å². The van der Waals surface area contributed by atoms with Crippen LogP contribution in [0, 0.1) is 0 Å². The first-order chi connectivity index (χ1) is 9.27. The topological polar surface area (TPSA) is 64.2 Å². The van der Waals surface area contributed by atoms with Crippen molar-refractivity contribution >= 4 is 5.91 Å². The molecule has 1 aliphatic heterocycles. The van der Waals surface area contributed by atoms with Gasteiger partial charge in [0.1, 0.15) is 6.04 Å². The minimum Gasteiger partial charge on any atom is -0.329 e. The zero-order chi connectivity index (χ0) is 14.9. The van der Waals surface area contributed by atoms with Crippen molar-refractivity contribution in [1.29, 1.82) is 0 Å². The lowest BCUT2D eigenvalue weighted by Gasteiger charge is -2.39. The number of nitrogens with two attached hydrogens (primary N) is 1. The number of rotatable bonds is 2. The molecule has 1 amide bonds. The molecule has 1 aliphatic rings. The summed E-state index contributed by atoms with van der Waals surface area (Å²) in [6.07, 6.45) is -1.27. The quantitative estimate of drug-likeness (QED) is 0.878. The summed E-state index contributed by atoms with van der Waals surface area (Å²) in [5.41, 5.74) is 6.28. The number of alkyl halides is 3. The summed E-state index contributed by atoms with van der Waals surface area (Å²) in [6.45, 7) is -0.0523. The highest BCUT2D eigenvalue weighted by Gasteiger charge is 2.47. The van der Waals surface area contributed by atoms with E-state index in [4.69, 9.17) is 5.73 Å². The van der Waals surface area contributed by atoms with Crippen molar-refractivity contribution in [3.8, 4) is 0 Å². The van der Waals surface area contributed by atoms with E-state index in [9.17, 15) is 18.0 Å². The van der Waals surface area contributed by atoms with Crippen molar-refractivity contribution < 1.29 is 18.0 Å². The molecule has 1 aromatic rings. The van der Waals surface area contributed by atoms with Crippen LogP contribution >= 0.6 is 0 Å². The van der Waals surface area contributed by atoms with Gasteiger partial charge in [-0.3, -0.25) is 9.48 Å². The van der Waals surface area contributed by atoms with Gasteiger partial charge in [0.15, 0.2) is 0 Å². The summed E-state index contributed by atoms with van der Waals surface area (Å²) in [5, 5.41) is 3.90. The number of piperidine rings is 1. The van der Waals surface area contributed by atoms with Crippen LogP contribution in [0.2, 0.25) is 0 Å². The maximum absolute atomic E-state index is 13.0. The monoisotopic (exact) mass is 290 g/mol. The Morgan fingerprint density at radius 2 is 2.20 bits per heavy atom. The van der Waals surface area contributed by atoms with Crippen molar-refractivity contribution in [2.45, 2.75) is 37.5 Å². The van der Waals surface area contributed by atoms with Crippen molar-refractivity contribution in [3.05, 3.63) is 18.0 Å². The first-order valence-corrected chi connectivity index (χ1v) is 6.36. The Hall–Kier alpha value is -1.57. The third kappa shape index (κ3) is 3.30. The molecule has 0 unspecified atom stereocenters. The van der Waals surface area contributed by atoms with Crippen molar-refractivity contribution in [1.82, 2.24) is 14.7 Å². The van der Waals surface area contributed by atoms with Crippen LogP contribution in [-0.4, -0.2) is 45.4 Å². The van der Waals surface area contributed by atoms with Gasteiger partial charge in [-0.1, -0.05) is 0 Å². The number of carbonyl (C=O) groups excluding carboxylic acids is 1. The molecule has 0 aliphatic carbocycles. The fraction of sp³-hybridized carbons (Fsp3) is 0.667. The summed E-state index contributed by atoms with van der Waals surface area (Å²) in [7, 11) is 1.68. The molecule has 2 rings (SSSR count). The molecular formula is C12H17F3N4O. The van der Waals surface area contributed by atoms with Gasteiger partial charge < -0.3 is 10.6 Å². The lowest BCUT2D eigenvalue weighted by Crippen LogP contribution is -2.57. The molecule has 1 aromatic heterocycles. The van der Waals surface area contributed by atoms with Crippen LogP contribution < -0.4 is 5.73 Å². The number of aromatic nitrogens is 2. The van der Waals surface area contributed by atoms with E-state index < -0.39 is 24.2 Å². The van der Waals surface area contributed by atoms with Crippen LogP contribution in [0.3, 0.4) is 0 Å². The predicted octanol–water partition coefficient (Wildman–Crippen LogP) is 0.843. The van der Waals surface area contributed by atoms with Crippen molar-refractivity contribution in [3.63, 3.8) is 0 Å². The number of hydrogen-bond acceptors (Lipinski definition) is 3. The Balaban J connectivity index is 2.11. The second-order valence-corrected chi connectivity index (χ2v) is 5.14. The normalized spacial score (nSPS) is 23.9. The number of likely N-dealkylation sites (tertiary alicyclic amines) is 1. The first-order valence-electron chi connectivity index (χ1n) is 6.36. The van der Waals surface area contributed by atoms with Crippen molar-refractivity contribution in [2.24, 2.45) is 12.8 Å². The fourth-order valence-corrected chi connectivity index (χ4v) is 2.45. The van der Waals surface area contributed by atoms with E-state index in [1.54, 1.807) is 13.2 Å². The van der Waals surface area contributed by atoms with E-state index in [0.29, 0.717) is 5.56 Å². The third-order valence-electron chi connectivity index (χ3n) is 3.43. The Morgan fingerprint density at radius 3 is 2.75 bits per heavy atom. The van der Waals surface area contributed by atoms with Gasteiger partial charge in [0, 0.05) is 25.8 Å². The first kappa shape index (κ1) is 14.8. The van der Waals surface area contributed by atoms with E-state index >= 15 is 0 Å². The molecule has 0 bridgehead atoms. The van der Waals surface area contributed by atoms with Gasteiger partial charge in [-0.2, -0.15) is 18.3 Å². The fourth-order valence-electron chi connectivity index (χ4n) is 2.45. The van der Waals surface area contributed by atoms with Crippen LogP contribution in [0.1, 0.15) is 18.4 Å². The van der Waals surface area contributed by atoms with E-state index in [0.717, 1.165) is 4.90 Å². The van der Waals surface area contributed by atoms with Gasteiger partial charge in [-0.15, -0.1) is 0 Å². The second kappa shape index (κ2) is 5.43. The Labute approximate surface area is 114 Å². The maximum Gasteiger partial charge on any atom is 0.408 e. The van der Waals surface area contributed by atoms with Crippen LogP contribution in [0.15, 0.2) is 12.4 Å². The molecule has 2 N–H and O–H groups in total. The molecule has 0 aromatic carbocycles. The Morgan fingerprint density at radius 1 is 1.50 bits per heavy atom. The zero-order valence-corrected chi connectivity index (χ0v) is 11.1. The maximum atomic E-state index is 13.0. The number of amides is 1. The van der Waals surface area contributed by atoms with Gasteiger partial charge in [-0.05, 0) is 18.4 Å². The van der Waals surface area contributed by atoms with Gasteiger partial charge in [0.2, 0.25) is 5.91 Å². The average Bonchev–Trinajstić information content (AvgIpc) is 2.73. The van der Waals surface area contributed by atoms with Crippen LogP contribution in [0.4, 0.5) is 13.2 Å². The molecule has 1 saturated heterocycles. The molecule has 112 valence electrons. The predicted molar refractivity (Wildman–Crippen MR) is 65.7 cm³/mol. The summed E-state index contributed by atoms with van der Waals surface area (Å²) < 4.78 is 40.4. The molecule has 1 fully saturated rings. The Bertz CT molecular complexity index is 485. The number of aryl methyl sites for hydroxylation is 1.